The van der Waals surface area contributed by atoms with Crippen LogP contribution in [0.1, 0.15) is 36.0 Å². The summed E-state index contributed by atoms with van der Waals surface area (Å²) in [5.41, 5.74) is 0.227. The molecule has 1 fully saturated rings. The largest absolute Gasteiger partial charge is 0.462 e. The first kappa shape index (κ1) is 20.5. The first-order chi connectivity index (χ1) is 13.8. The molecule has 0 amide bonds. The van der Waals surface area contributed by atoms with E-state index in [1.165, 1.54) is 17.8 Å². The number of anilines is 1. The molecule has 0 aliphatic carbocycles. The molecular formula is C20H23ClFN3O3S. The van der Waals surface area contributed by atoms with Crippen molar-refractivity contribution in [1.82, 2.24) is 9.47 Å². The molecule has 0 radical (unpaired) electrons. The van der Waals surface area contributed by atoms with Gasteiger partial charge in [0.15, 0.2) is 0 Å². The van der Waals surface area contributed by atoms with E-state index >= 15 is 4.39 Å². The summed E-state index contributed by atoms with van der Waals surface area (Å²) in [5, 5.41) is 0.838. The van der Waals surface area contributed by atoms with Gasteiger partial charge in [-0.25, -0.2) is 9.18 Å². The Morgan fingerprint density at radius 1 is 1.45 bits per heavy atom. The summed E-state index contributed by atoms with van der Waals surface area (Å²) in [6.07, 6.45) is 0.910. The van der Waals surface area contributed by atoms with Crippen molar-refractivity contribution < 1.29 is 13.9 Å². The van der Waals surface area contributed by atoms with E-state index in [1.807, 2.05) is 30.5 Å². The number of aromatic nitrogens is 1. The number of carbonyl (C=O) groups excluding carboxylic acids is 1. The summed E-state index contributed by atoms with van der Waals surface area (Å²) < 4.78 is 22.1. The molecule has 29 heavy (non-hydrogen) atoms. The van der Waals surface area contributed by atoms with Crippen molar-refractivity contribution in [3.05, 3.63) is 32.7 Å². The summed E-state index contributed by atoms with van der Waals surface area (Å²) >= 11 is 8.12. The molecule has 2 aliphatic rings. The third kappa shape index (κ3) is 3.12. The highest BCUT2D eigenvalue weighted by Gasteiger charge is 2.36. The zero-order chi connectivity index (χ0) is 21.0. The van der Waals surface area contributed by atoms with Crippen molar-refractivity contribution >= 4 is 45.9 Å². The minimum Gasteiger partial charge on any atom is -0.462 e. The number of hydrogen-bond acceptors (Lipinski definition) is 6. The Morgan fingerprint density at radius 2 is 2.17 bits per heavy atom. The molecule has 3 heterocycles. The predicted octanol–water partition coefficient (Wildman–Crippen LogP) is 3.74. The summed E-state index contributed by atoms with van der Waals surface area (Å²) in [6, 6.07) is 1.53. The molecule has 2 atom stereocenters. The topological polar surface area (TPSA) is 54.8 Å². The van der Waals surface area contributed by atoms with Gasteiger partial charge in [-0.05, 0) is 40.4 Å². The fraction of sp³-hybridized carbons (Fsp3) is 0.500. The maximum absolute atomic E-state index is 15.2. The van der Waals surface area contributed by atoms with Crippen molar-refractivity contribution in [2.45, 2.75) is 36.7 Å². The van der Waals surface area contributed by atoms with E-state index in [2.05, 4.69) is 4.90 Å². The highest BCUT2D eigenvalue weighted by Crippen LogP contribution is 2.49. The molecular weight excluding hydrogens is 417 g/mol. The molecule has 2 aliphatic heterocycles. The molecule has 4 rings (SSSR count). The van der Waals surface area contributed by atoms with Crippen molar-refractivity contribution in [1.29, 1.82) is 0 Å². The normalized spacial score (nSPS) is 20.9. The van der Waals surface area contributed by atoms with E-state index in [0.717, 1.165) is 6.42 Å². The molecule has 1 saturated heterocycles. The first-order valence-electron chi connectivity index (χ1n) is 9.61. The van der Waals surface area contributed by atoms with Crippen molar-refractivity contribution in [2.24, 2.45) is 0 Å². The van der Waals surface area contributed by atoms with Crippen LogP contribution in [0.25, 0.3) is 10.9 Å². The number of nitrogens with zero attached hydrogens (tertiary/aromatic N) is 3. The average molecular weight is 440 g/mol. The quantitative estimate of drug-likeness (QED) is 0.676. The summed E-state index contributed by atoms with van der Waals surface area (Å²) in [7, 11) is 4.01. The van der Waals surface area contributed by atoms with Gasteiger partial charge in [-0.15, -0.1) is 0 Å². The first-order valence-corrected chi connectivity index (χ1v) is 10.9. The molecule has 6 nitrogen and oxygen atoms in total. The predicted molar refractivity (Wildman–Crippen MR) is 114 cm³/mol. The second kappa shape index (κ2) is 7.49. The number of likely N-dealkylation sites (N-methyl/N-ethyl adjacent to an activating group) is 1. The maximum atomic E-state index is 15.2. The van der Waals surface area contributed by atoms with Crippen LogP contribution in [0.3, 0.4) is 0 Å². The number of benzene rings is 1. The van der Waals surface area contributed by atoms with Crippen LogP contribution in [0.15, 0.2) is 15.9 Å². The van der Waals surface area contributed by atoms with Gasteiger partial charge in [0.05, 0.1) is 38.6 Å². The van der Waals surface area contributed by atoms with Crippen LogP contribution in [-0.4, -0.2) is 55.3 Å². The van der Waals surface area contributed by atoms with Gasteiger partial charge < -0.3 is 19.1 Å². The van der Waals surface area contributed by atoms with Crippen LogP contribution in [-0.2, 0) is 4.74 Å². The highest BCUT2D eigenvalue weighted by atomic mass is 35.5. The van der Waals surface area contributed by atoms with E-state index in [9.17, 15) is 9.59 Å². The lowest BCUT2D eigenvalue weighted by Gasteiger charge is -2.34. The lowest BCUT2D eigenvalue weighted by molar-refractivity contribution is 0.0518. The number of rotatable bonds is 4. The van der Waals surface area contributed by atoms with Crippen molar-refractivity contribution in [3.8, 4) is 0 Å². The van der Waals surface area contributed by atoms with Crippen molar-refractivity contribution in [3.63, 3.8) is 0 Å². The van der Waals surface area contributed by atoms with Crippen LogP contribution in [0, 0.1) is 5.82 Å². The SMILES string of the molecule is CCOC(=O)c1c2n(c3c(Cl)c(N4CC[C@H](N(C)C)C4)c(F)cc3c1=O)C(C)S2. The van der Waals surface area contributed by atoms with E-state index < -0.39 is 17.2 Å². The van der Waals surface area contributed by atoms with Crippen LogP contribution in [0.4, 0.5) is 10.1 Å². The number of esters is 1. The molecule has 1 aromatic heterocycles. The summed E-state index contributed by atoms with van der Waals surface area (Å²) in [6.45, 7) is 5.14. The van der Waals surface area contributed by atoms with Crippen LogP contribution in [0.2, 0.25) is 5.02 Å². The fourth-order valence-corrected chi connectivity index (χ4v) is 5.67. The second-order valence-electron chi connectivity index (χ2n) is 7.59. The van der Waals surface area contributed by atoms with Gasteiger partial charge in [-0.1, -0.05) is 23.4 Å². The average Bonchev–Trinajstić information content (AvgIpc) is 3.12. The number of carbonyl (C=O) groups is 1. The van der Waals surface area contributed by atoms with Gasteiger partial charge in [0.2, 0.25) is 5.43 Å². The Kier molecular flexibility index (Phi) is 5.29. The smallest absolute Gasteiger partial charge is 0.344 e. The molecule has 0 bridgehead atoms. The molecule has 1 aromatic carbocycles. The Hall–Kier alpha value is -1.77. The number of fused-ring (bicyclic) bond motifs is 3. The molecule has 0 N–H and O–H groups in total. The highest BCUT2D eigenvalue weighted by molar-refractivity contribution is 8.00. The van der Waals surface area contributed by atoms with Gasteiger partial charge in [0.1, 0.15) is 11.4 Å². The third-order valence-corrected chi connectivity index (χ3v) is 7.18. The Balaban J connectivity index is 1.93. The second-order valence-corrected chi connectivity index (χ2v) is 9.27. The zero-order valence-corrected chi connectivity index (χ0v) is 18.4. The van der Waals surface area contributed by atoms with E-state index in [0.29, 0.717) is 35.4 Å². The van der Waals surface area contributed by atoms with E-state index in [4.69, 9.17) is 16.3 Å². The third-order valence-electron chi connectivity index (χ3n) is 5.65. The molecule has 9 heteroatoms. The molecule has 0 saturated carbocycles. The molecule has 2 aromatic rings. The van der Waals surface area contributed by atoms with E-state index in [-0.39, 0.29) is 28.0 Å². The fourth-order valence-electron chi connectivity index (χ4n) is 4.13. The number of hydrogen-bond donors (Lipinski definition) is 0. The van der Waals surface area contributed by atoms with Gasteiger partial charge >= 0.3 is 5.97 Å². The summed E-state index contributed by atoms with van der Waals surface area (Å²) in [4.78, 5) is 29.5. The van der Waals surface area contributed by atoms with Gasteiger partial charge in [0.25, 0.3) is 0 Å². The molecule has 0 spiro atoms. The number of pyridine rings is 1. The summed E-state index contributed by atoms with van der Waals surface area (Å²) in [5.74, 6) is -1.23. The van der Waals surface area contributed by atoms with Crippen LogP contribution < -0.4 is 10.3 Å². The molecule has 156 valence electrons. The number of ether oxygens (including phenoxy) is 1. The Bertz CT molecular complexity index is 1070. The Labute approximate surface area is 177 Å². The monoisotopic (exact) mass is 439 g/mol. The number of thioether (sulfide) groups is 1. The standard InChI is InChI=1S/C20H23ClFN3O3S/c1-5-28-20(27)14-18(26)12-8-13(22)17(24-7-6-11(9-24)23(3)4)15(21)16(12)25-10(2)29-19(14)25/h8,10-11H,5-7,9H2,1-4H3/t10?,11-/m0/s1. The minimum atomic E-state index is -0.684. The Morgan fingerprint density at radius 3 is 2.76 bits per heavy atom. The number of halogens is 2. The lowest BCUT2D eigenvalue weighted by atomic mass is 10.1. The minimum absolute atomic E-state index is 0.0230. The van der Waals surface area contributed by atoms with Gasteiger partial charge in [0, 0.05) is 19.1 Å². The van der Waals surface area contributed by atoms with Crippen LogP contribution >= 0.6 is 23.4 Å². The van der Waals surface area contributed by atoms with Gasteiger partial charge in [-0.2, -0.15) is 0 Å². The molecule has 1 unspecified atom stereocenters. The lowest BCUT2D eigenvalue weighted by Crippen LogP contribution is -2.32. The van der Waals surface area contributed by atoms with Gasteiger partial charge in [-0.3, -0.25) is 4.79 Å². The zero-order valence-electron chi connectivity index (χ0n) is 16.8. The maximum Gasteiger partial charge on any atom is 0.344 e. The van der Waals surface area contributed by atoms with Crippen LogP contribution in [0.5, 0.6) is 0 Å². The van der Waals surface area contributed by atoms with E-state index in [1.54, 1.807) is 6.92 Å². The van der Waals surface area contributed by atoms with Crippen molar-refractivity contribution in [2.75, 3.05) is 38.7 Å².